The molecule has 0 aromatic carbocycles. The first-order valence-corrected chi connectivity index (χ1v) is 10.8. The van der Waals surface area contributed by atoms with E-state index >= 15 is 0 Å². The van der Waals surface area contributed by atoms with Gasteiger partial charge in [0.1, 0.15) is 11.4 Å². The average Bonchev–Trinajstić information content (AvgIpc) is 2.42. The lowest BCUT2D eigenvalue weighted by Crippen LogP contribution is -2.56. The quantitative estimate of drug-likeness (QED) is 0.706. The third-order valence-electron chi connectivity index (χ3n) is 3.05. The SMILES string of the molecule is CSCC[C@@H](NC(=O)N1CCSCC1S(C)(=O)=O)C(=O)O. The number of rotatable bonds is 6. The van der Waals surface area contributed by atoms with E-state index in [1.807, 2.05) is 6.26 Å². The summed E-state index contributed by atoms with van der Waals surface area (Å²) in [4.78, 5) is 24.6. The first-order valence-electron chi connectivity index (χ1n) is 6.33. The lowest BCUT2D eigenvalue weighted by molar-refractivity contribution is -0.139. The molecule has 1 fully saturated rings. The van der Waals surface area contributed by atoms with Crippen LogP contribution in [-0.2, 0) is 14.6 Å². The molecule has 10 heteroatoms. The fraction of sp³-hybridized carbons (Fsp3) is 0.818. The molecule has 1 aliphatic heterocycles. The highest BCUT2D eigenvalue weighted by molar-refractivity contribution is 8.00. The number of carboxylic acids is 1. The molecule has 2 amide bonds. The zero-order chi connectivity index (χ0) is 16.0. The molecule has 0 aromatic rings. The van der Waals surface area contributed by atoms with Crippen molar-refractivity contribution >= 4 is 45.4 Å². The molecule has 1 unspecified atom stereocenters. The Kier molecular flexibility index (Phi) is 7.14. The maximum absolute atomic E-state index is 12.2. The van der Waals surface area contributed by atoms with Crippen LogP contribution in [0.4, 0.5) is 4.79 Å². The lowest BCUT2D eigenvalue weighted by atomic mass is 10.2. The molecule has 1 saturated heterocycles. The van der Waals surface area contributed by atoms with E-state index in [0.29, 0.717) is 30.2 Å². The minimum atomic E-state index is -3.40. The highest BCUT2D eigenvalue weighted by Crippen LogP contribution is 2.20. The Morgan fingerprint density at radius 3 is 2.71 bits per heavy atom. The van der Waals surface area contributed by atoms with E-state index in [0.717, 1.165) is 6.26 Å². The van der Waals surface area contributed by atoms with Crippen molar-refractivity contribution < 1.29 is 23.1 Å². The Balaban J connectivity index is 2.77. The summed E-state index contributed by atoms with van der Waals surface area (Å²) in [6, 6.07) is -1.63. The van der Waals surface area contributed by atoms with Gasteiger partial charge in [0.2, 0.25) is 0 Å². The minimum absolute atomic E-state index is 0.295. The van der Waals surface area contributed by atoms with Crippen LogP contribution in [0.3, 0.4) is 0 Å². The van der Waals surface area contributed by atoms with Gasteiger partial charge in [-0.1, -0.05) is 0 Å². The van der Waals surface area contributed by atoms with Crippen LogP contribution in [0.15, 0.2) is 0 Å². The smallest absolute Gasteiger partial charge is 0.326 e. The van der Waals surface area contributed by atoms with Gasteiger partial charge in [-0.3, -0.25) is 0 Å². The van der Waals surface area contributed by atoms with E-state index in [1.165, 1.54) is 28.4 Å². The molecule has 1 heterocycles. The van der Waals surface area contributed by atoms with Gasteiger partial charge in [0, 0.05) is 24.3 Å². The number of urea groups is 1. The molecule has 2 N–H and O–H groups in total. The van der Waals surface area contributed by atoms with E-state index in [1.54, 1.807) is 0 Å². The Morgan fingerprint density at radius 2 is 2.19 bits per heavy atom. The van der Waals surface area contributed by atoms with E-state index < -0.39 is 33.3 Å². The number of thioether (sulfide) groups is 2. The Morgan fingerprint density at radius 1 is 1.52 bits per heavy atom. The number of sulfone groups is 1. The number of nitrogens with one attached hydrogen (secondary N) is 1. The van der Waals surface area contributed by atoms with Crippen LogP contribution in [0.1, 0.15) is 6.42 Å². The van der Waals surface area contributed by atoms with Crippen molar-refractivity contribution in [2.45, 2.75) is 17.8 Å². The molecule has 21 heavy (non-hydrogen) atoms. The molecule has 2 atom stereocenters. The van der Waals surface area contributed by atoms with E-state index in [4.69, 9.17) is 5.11 Å². The molecule has 122 valence electrons. The summed E-state index contributed by atoms with van der Waals surface area (Å²) in [5.74, 6) is 0.444. The van der Waals surface area contributed by atoms with Crippen molar-refractivity contribution in [2.24, 2.45) is 0 Å². The molecule has 1 aliphatic rings. The summed E-state index contributed by atoms with van der Waals surface area (Å²) in [5.41, 5.74) is 0. The van der Waals surface area contributed by atoms with Gasteiger partial charge in [0.25, 0.3) is 0 Å². The van der Waals surface area contributed by atoms with Gasteiger partial charge >= 0.3 is 12.0 Å². The number of carboxylic acid groups (broad SMARTS) is 1. The topological polar surface area (TPSA) is 104 Å². The molecule has 0 bridgehead atoms. The molecule has 0 aromatic heterocycles. The highest BCUT2D eigenvalue weighted by atomic mass is 32.2. The molecule has 0 radical (unpaired) electrons. The fourth-order valence-corrected chi connectivity index (χ4v) is 5.18. The van der Waals surface area contributed by atoms with Crippen LogP contribution < -0.4 is 5.32 Å². The largest absolute Gasteiger partial charge is 0.480 e. The predicted octanol–water partition coefficient (Wildman–Crippen LogP) is 0.322. The van der Waals surface area contributed by atoms with Crippen LogP contribution in [0.5, 0.6) is 0 Å². The summed E-state index contributed by atoms with van der Waals surface area (Å²) in [6.45, 7) is 0.295. The Hall–Kier alpha value is -0.610. The van der Waals surface area contributed by atoms with Gasteiger partial charge in [0.05, 0.1) is 0 Å². The third kappa shape index (κ3) is 5.59. The molecule has 0 spiro atoms. The van der Waals surface area contributed by atoms with Gasteiger partial charge in [-0.2, -0.15) is 23.5 Å². The molecule has 1 rings (SSSR count). The van der Waals surface area contributed by atoms with Crippen molar-refractivity contribution in [3.8, 4) is 0 Å². The number of hydrogen-bond acceptors (Lipinski definition) is 6. The first-order chi connectivity index (χ1) is 9.77. The van der Waals surface area contributed by atoms with Gasteiger partial charge in [-0.15, -0.1) is 0 Å². The number of carbonyl (C=O) groups is 2. The van der Waals surface area contributed by atoms with Crippen LogP contribution in [0.25, 0.3) is 0 Å². The first kappa shape index (κ1) is 18.4. The summed E-state index contributed by atoms with van der Waals surface area (Å²) in [7, 11) is -3.40. The number of amides is 2. The van der Waals surface area contributed by atoms with Crippen molar-refractivity contribution in [2.75, 3.05) is 36.3 Å². The second kappa shape index (κ2) is 8.14. The maximum Gasteiger partial charge on any atom is 0.326 e. The zero-order valence-corrected chi connectivity index (χ0v) is 14.4. The van der Waals surface area contributed by atoms with Gasteiger partial charge in [-0.25, -0.2) is 18.0 Å². The number of nitrogens with zero attached hydrogens (tertiary/aromatic N) is 1. The molecule has 0 saturated carbocycles. The highest BCUT2D eigenvalue weighted by Gasteiger charge is 2.35. The number of carbonyl (C=O) groups excluding carboxylic acids is 1. The van der Waals surface area contributed by atoms with Crippen molar-refractivity contribution in [1.82, 2.24) is 10.2 Å². The van der Waals surface area contributed by atoms with Crippen LogP contribution in [-0.4, -0.2) is 78.2 Å². The van der Waals surface area contributed by atoms with Crippen LogP contribution >= 0.6 is 23.5 Å². The average molecular weight is 356 g/mol. The van der Waals surface area contributed by atoms with Crippen LogP contribution in [0, 0.1) is 0 Å². The number of aliphatic carboxylic acids is 1. The van der Waals surface area contributed by atoms with Gasteiger partial charge in [0.15, 0.2) is 9.84 Å². The Bertz CT molecular complexity index is 482. The standard InChI is InChI=1S/C11H20N2O5S3/c1-19-5-3-8(10(14)15)12-11(16)13-4-6-20-7-9(13)21(2,17)18/h8-9H,3-7H2,1-2H3,(H,12,16)(H,14,15)/t8-,9?/m1/s1. The summed E-state index contributed by atoms with van der Waals surface area (Å²) in [5, 5.41) is 10.6. The Labute approximate surface area is 133 Å². The molecule has 7 nitrogen and oxygen atoms in total. The van der Waals surface area contributed by atoms with E-state index in [2.05, 4.69) is 5.32 Å². The zero-order valence-electron chi connectivity index (χ0n) is 11.9. The molecule has 0 aliphatic carbocycles. The van der Waals surface area contributed by atoms with Crippen LogP contribution in [0.2, 0.25) is 0 Å². The predicted molar refractivity (Wildman–Crippen MR) is 85.6 cm³/mol. The minimum Gasteiger partial charge on any atom is -0.480 e. The summed E-state index contributed by atoms with van der Waals surface area (Å²) in [6.07, 6.45) is 3.24. The fourth-order valence-electron chi connectivity index (χ4n) is 1.89. The van der Waals surface area contributed by atoms with Gasteiger partial charge < -0.3 is 15.3 Å². The van der Waals surface area contributed by atoms with Crippen molar-refractivity contribution in [1.29, 1.82) is 0 Å². The summed E-state index contributed by atoms with van der Waals surface area (Å²) < 4.78 is 23.5. The lowest BCUT2D eigenvalue weighted by Gasteiger charge is -2.34. The maximum atomic E-state index is 12.2. The summed E-state index contributed by atoms with van der Waals surface area (Å²) >= 11 is 2.96. The van der Waals surface area contributed by atoms with E-state index in [-0.39, 0.29) is 0 Å². The molecular weight excluding hydrogens is 336 g/mol. The normalized spacial score (nSPS) is 20.9. The second-order valence-corrected chi connectivity index (χ2v) is 9.01. The van der Waals surface area contributed by atoms with Crippen molar-refractivity contribution in [3.05, 3.63) is 0 Å². The second-order valence-electron chi connectivity index (χ2n) is 4.67. The third-order valence-corrected chi connectivity index (χ3v) is 6.33. The monoisotopic (exact) mass is 356 g/mol. The van der Waals surface area contributed by atoms with Gasteiger partial charge in [-0.05, 0) is 18.4 Å². The number of hydrogen-bond donors (Lipinski definition) is 2. The van der Waals surface area contributed by atoms with E-state index in [9.17, 15) is 18.0 Å². The molecular formula is C11H20N2O5S3. The van der Waals surface area contributed by atoms with Crippen molar-refractivity contribution in [3.63, 3.8) is 0 Å².